The minimum Gasteiger partial charge on any atom is -0.478 e. The second-order valence-electron chi connectivity index (χ2n) is 6.57. The Labute approximate surface area is 173 Å². The van der Waals surface area contributed by atoms with Gasteiger partial charge in [-0.05, 0) is 41.5 Å². The Morgan fingerprint density at radius 1 is 1.13 bits per heavy atom. The van der Waals surface area contributed by atoms with Gasteiger partial charge in [0.1, 0.15) is 5.82 Å². The normalized spacial score (nSPS) is 11.7. The zero-order valence-corrected chi connectivity index (χ0v) is 15.9. The number of aromatic nitrogens is 3. The number of carboxylic acids is 1. The minimum atomic E-state index is -4.54. The lowest BCUT2D eigenvalue weighted by atomic mass is 9.99. The maximum absolute atomic E-state index is 13.5. The highest BCUT2D eigenvalue weighted by atomic mass is 35.5. The fourth-order valence-corrected chi connectivity index (χ4v) is 3.56. The zero-order chi connectivity index (χ0) is 21.5. The number of pyridine rings is 2. The third-order valence-corrected chi connectivity index (χ3v) is 5.08. The van der Waals surface area contributed by atoms with E-state index in [9.17, 15) is 18.0 Å². The van der Waals surface area contributed by atoms with Crippen molar-refractivity contribution in [1.29, 1.82) is 0 Å². The summed E-state index contributed by atoms with van der Waals surface area (Å²) in [5, 5.41) is 9.72. The van der Waals surface area contributed by atoms with Crippen molar-refractivity contribution in [3.63, 3.8) is 0 Å². The number of carbonyl (C=O) groups is 1. The van der Waals surface area contributed by atoms with Crippen LogP contribution in [0.3, 0.4) is 0 Å². The van der Waals surface area contributed by atoms with Gasteiger partial charge in [0.15, 0.2) is 0 Å². The highest BCUT2D eigenvalue weighted by Crippen LogP contribution is 2.37. The number of fused-ring (bicyclic) bond motifs is 1. The molecule has 0 aliphatic rings. The first kappa shape index (κ1) is 19.9. The molecule has 1 aromatic carbocycles. The maximum Gasteiger partial charge on any atom is 0.416 e. The van der Waals surface area contributed by atoms with Crippen LogP contribution >= 0.6 is 11.6 Å². The molecule has 30 heavy (non-hydrogen) atoms. The first-order chi connectivity index (χ1) is 14.3. The van der Waals surface area contributed by atoms with Gasteiger partial charge < -0.3 is 9.67 Å². The number of carboxylic acid groups (broad SMARTS) is 1. The summed E-state index contributed by atoms with van der Waals surface area (Å²) in [6.45, 7) is 0. The minimum absolute atomic E-state index is 0.0243. The van der Waals surface area contributed by atoms with E-state index in [1.54, 1.807) is 29.2 Å². The molecule has 0 aliphatic heterocycles. The number of halogens is 4. The third-order valence-electron chi connectivity index (χ3n) is 4.72. The second kappa shape index (κ2) is 7.46. The molecule has 0 saturated carbocycles. The Morgan fingerprint density at radius 3 is 2.60 bits per heavy atom. The highest BCUT2D eigenvalue weighted by molar-refractivity contribution is 6.31. The molecule has 0 atom stereocenters. The Morgan fingerprint density at radius 2 is 1.93 bits per heavy atom. The van der Waals surface area contributed by atoms with Crippen molar-refractivity contribution in [3.05, 3.63) is 88.5 Å². The molecule has 5 nitrogen and oxygen atoms in total. The predicted octanol–water partition coefficient (Wildman–Crippen LogP) is 5.38. The van der Waals surface area contributed by atoms with Crippen molar-refractivity contribution in [1.82, 2.24) is 14.5 Å². The van der Waals surface area contributed by atoms with Crippen LogP contribution in [-0.4, -0.2) is 25.6 Å². The standard InChI is InChI=1S/C21H13ClF3N3O2/c22-17-3-1-2-16(21(23,24)25)14(17)8-13-11-28(18-6-7-26-10-15(13)18)19-5-4-12(9-27-19)20(29)30/h1-7,9-11H,8H2,(H,29,30). The molecule has 0 fully saturated rings. The van der Waals surface area contributed by atoms with Crippen molar-refractivity contribution in [2.24, 2.45) is 0 Å². The molecule has 0 spiro atoms. The van der Waals surface area contributed by atoms with Crippen molar-refractivity contribution < 1.29 is 23.1 Å². The number of hydrogen-bond donors (Lipinski definition) is 1. The lowest BCUT2D eigenvalue weighted by Gasteiger charge is -2.14. The van der Waals surface area contributed by atoms with E-state index in [0.717, 1.165) is 6.07 Å². The SMILES string of the molecule is O=C(O)c1ccc(-n2cc(Cc3c(Cl)cccc3C(F)(F)F)c3cnccc32)nc1. The summed E-state index contributed by atoms with van der Waals surface area (Å²) in [5.41, 5.74) is 0.479. The molecule has 0 radical (unpaired) electrons. The van der Waals surface area contributed by atoms with Gasteiger partial charge in [-0.1, -0.05) is 17.7 Å². The Kier molecular flexibility index (Phi) is 4.95. The lowest BCUT2D eigenvalue weighted by Crippen LogP contribution is -2.10. The molecule has 0 unspecified atom stereocenters. The monoisotopic (exact) mass is 431 g/mol. The molecular formula is C21H13ClF3N3O2. The largest absolute Gasteiger partial charge is 0.478 e. The van der Waals surface area contributed by atoms with E-state index < -0.39 is 17.7 Å². The number of aromatic carboxylic acids is 1. The van der Waals surface area contributed by atoms with Gasteiger partial charge in [0.2, 0.25) is 0 Å². The van der Waals surface area contributed by atoms with E-state index in [1.807, 2.05) is 0 Å². The first-order valence-electron chi connectivity index (χ1n) is 8.74. The number of benzene rings is 1. The summed E-state index contributed by atoms with van der Waals surface area (Å²) < 4.78 is 42.1. The molecule has 3 aromatic heterocycles. The van der Waals surface area contributed by atoms with E-state index in [1.165, 1.54) is 30.5 Å². The number of alkyl halides is 3. The first-order valence-corrected chi connectivity index (χ1v) is 9.12. The lowest BCUT2D eigenvalue weighted by molar-refractivity contribution is -0.138. The molecule has 1 N–H and O–H groups in total. The molecule has 152 valence electrons. The zero-order valence-electron chi connectivity index (χ0n) is 15.2. The van der Waals surface area contributed by atoms with Gasteiger partial charge in [0.25, 0.3) is 0 Å². The summed E-state index contributed by atoms with van der Waals surface area (Å²) in [4.78, 5) is 19.3. The molecule has 0 amide bonds. The summed E-state index contributed by atoms with van der Waals surface area (Å²) in [7, 11) is 0. The molecular weight excluding hydrogens is 419 g/mol. The molecule has 0 aliphatic carbocycles. The Bertz CT molecular complexity index is 1250. The van der Waals surface area contributed by atoms with Crippen LogP contribution in [0.4, 0.5) is 13.2 Å². The van der Waals surface area contributed by atoms with Crippen LogP contribution in [-0.2, 0) is 12.6 Å². The number of rotatable bonds is 4. The molecule has 4 rings (SSSR count). The molecule has 0 saturated heterocycles. The van der Waals surface area contributed by atoms with Crippen LogP contribution in [0, 0.1) is 0 Å². The van der Waals surface area contributed by atoms with Gasteiger partial charge in [-0.3, -0.25) is 4.98 Å². The molecule has 3 heterocycles. The number of nitrogens with zero attached hydrogens (tertiary/aromatic N) is 3. The van der Waals surface area contributed by atoms with Crippen LogP contribution in [0.2, 0.25) is 5.02 Å². The Balaban J connectivity index is 1.84. The third kappa shape index (κ3) is 3.61. The fourth-order valence-electron chi connectivity index (χ4n) is 3.32. The summed E-state index contributed by atoms with van der Waals surface area (Å²) >= 11 is 6.12. The van der Waals surface area contributed by atoms with Crippen molar-refractivity contribution in [2.45, 2.75) is 12.6 Å². The van der Waals surface area contributed by atoms with Crippen LogP contribution < -0.4 is 0 Å². The van der Waals surface area contributed by atoms with Crippen molar-refractivity contribution in [2.75, 3.05) is 0 Å². The van der Waals surface area contributed by atoms with Gasteiger partial charge in [-0.15, -0.1) is 0 Å². The predicted molar refractivity (Wildman–Crippen MR) is 105 cm³/mol. The summed E-state index contributed by atoms with van der Waals surface area (Å²) in [6, 6.07) is 8.35. The second-order valence-corrected chi connectivity index (χ2v) is 6.98. The van der Waals surface area contributed by atoms with Crippen LogP contribution in [0.15, 0.2) is 61.2 Å². The highest BCUT2D eigenvalue weighted by Gasteiger charge is 2.34. The van der Waals surface area contributed by atoms with Crippen LogP contribution in [0.25, 0.3) is 16.7 Å². The van der Waals surface area contributed by atoms with E-state index in [4.69, 9.17) is 16.7 Å². The summed E-state index contributed by atoms with van der Waals surface area (Å²) in [5.74, 6) is -0.674. The van der Waals surface area contributed by atoms with Gasteiger partial charge in [0.05, 0.1) is 16.6 Å². The number of hydrogen-bond acceptors (Lipinski definition) is 3. The van der Waals surface area contributed by atoms with Gasteiger partial charge >= 0.3 is 12.1 Å². The average molecular weight is 432 g/mol. The van der Waals surface area contributed by atoms with Crippen LogP contribution in [0.5, 0.6) is 0 Å². The van der Waals surface area contributed by atoms with E-state index >= 15 is 0 Å². The van der Waals surface area contributed by atoms with E-state index in [0.29, 0.717) is 22.3 Å². The van der Waals surface area contributed by atoms with Gasteiger partial charge in [-0.25, -0.2) is 9.78 Å². The quantitative estimate of drug-likeness (QED) is 0.471. The van der Waals surface area contributed by atoms with Gasteiger partial charge in [0, 0.05) is 41.6 Å². The van der Waals surface area contributed by atoms with E-state index in [-0.39, 0.29) is 22.6 Å². The van der Waals surface area contributed by atoms with E-state index in [2.05, 4.69) is 9.97 Å². The molecule has 0 bridgehead atoms. The maximum atomic E-state index is 13.5. The van der Waals surface area contributed by atoms with Crippen molar-refractivity contribution in [3.8, 4) is 5.82 Å². The topological polar surface area (TPSA) is 68.0 Å². The Hall–Kier alpha value is -3.39. The molecule has 4 aromatic rings. The average Bonchev–Trinajstić information content (AvgIpc) is 3.07. The smallest absolute Gasteiger partial charge is 0.416 e. The van der Waals surface area contributed by atoms with Gasteiger partial charge in [-0.2, -0.15) is 13.2 Å². The fraction of sp³-hybridized carbons (Fsp3) is 0.0952. The van der Waals surface area contributed by atoms with Crippen LogP contribution in [0.1, 0.15) is 27.0 Å². The summed E-state index contributed by atoms with van der Waals surface area (Å²) in [6.07, 6.45) is 1.42. The van der Waals surface area contributed by atoms with Crippen molar-refractivity contribution >= 4 is 28.5 Å². The molecule has 9 heteroatoms.